The number of anilines is 1. The van der Waals surface area contributed by atoms with Crippen molar-refractivity contribution in [2.45, 2.75) is 39.2 Å². The second kappa shape index (κ2) is 4.35. The molecule has 1 aliphatic heterocycles. The summed E-state index contributed by atoms with van der Waals surface area (Å²) in [4.78, 5) is 10.8. The fourth-order valence-electron chi connectivity index (χ4n) is 2.10. The minimum atomic E-state index is 0.537. The third kappa shape index (κ3) is 2.40. The maximum absolute atomic E-state index is 5.94. The second-order valence-corrected chi connectivity index (χ2v) is 4.52. The van der Waals surface area contributed by atoms with Crippen molar-refractivity contribution < 1.29 is 0 Å². The highest BCUT2D eigenvalue weighted by molar-refractivity contribution is 6.29. The molecule has 0 radical (unpaired) electrons. The van der Waals surface area contributed by atoms with E-state index in [0.717, 1.165) is 18.2 Å². The molecule has 3 nitrogen and oxygen atoms in total. The Labute approximate surface area is 95.5 Å². The molecular formula is C11H16ClN3. The van der Waals surface area contributed by atoms with E-state index in [1.54, 1.807) is 0 Å². The molecule has 1 fully saturated rings. The molecule has 0 aliphatic carbocycles. The predicted octanol–water partition coefficient (Wildman–Crippen LogP) is 2.82. The molecule has 0 amide bonds. The standard InChI is InChI=1S/C11H16ClN3/c1-8-5-3-4-6-15(8)11-7-10(12)13-9(2)14-11/h7-8H,3-6H2,1-2H3/t8-/m1/s1. The summed E-state index contributed by atoms with van der Waals surface area (Å²) in [5.41, 5.74) is 0. The summed E-state index contributed by atoms with van der Waals surface area (Å²) >= 11 is 5.94. The summed E-state index contributed by atoms with van der Waals surface area (Å²) in [6.07, 6.45) is 3.79. The van der Waals surface area contributed by atoms with Crippen LogP contribution in [0.2, 0.25) is 5.15 Å². The van der Waals surface area contributed by atoms with Crippen LogP contribution in [0.3, 0.4) is 0 Å². The number of halogens is 1. The zero-order chi connectivity index (χ0) is 10.8. The number of hydrogen-bond donors (Lipinski definition) is 0. The van der Waals surface area contributed by atoms with Gasteiger partial charge in [0.2, 0.25) is 0 Å². The van der Waals surface area contributed by atoms with E-state index in [2.05, 4.69) is 21.8 Å². The van der Waals surface area contributed by atoms with Crippen LogP contribution in [0.5, 0.6) is 0 Å². The Morgan fingerprint density at radius 2 is 2.20 bits per heavy atom. The molecule has 0 saturated carbocycles. The van der Waals surface area contributed by atoms with Gasteiger partial charge in [-0.05, 0) is 33.1 Å². The van der Waals surface area contributed by atoms with Gasteiger partial charge in [-0.25, -0.2) is 9.97 Å². The molecule has 1 saturated heterocycles. The monoisotopic (exact) mass is 225 g/mol. The zero-order valence-electron chi connectivity index (χ0n) is 9.20. The van der Waals surface area contributed by atoms with Gasteiger partial charge < -0.3 is 4.90 Å². The smallest absolute Gasteiger partial charge is 0.134 e. The average Bonchev–Trinajstić information content (AvgIpc) is 2.16. The maximum Gasteiger partial charge on any atom is 0.134 e. The Hall–Kier alpha value is -0.830. The Bertz CT molecular complexity index is 333. The van der Waals surface area contributed by atoms with Crippen LogP contribution in [-0.4, -0.2) is 22.6 Å². The normalized spacial score (nSPS) is 21.8. The zero-order valence-corrected chi connectivity index (χ0v) is 9.96. The van der Waals surface area contributed by atoms with E-state index in [4.69, 9.17) is 11.6 Å². The van der Waals surface area contributed by atoms with Crippen LogP contribution in [-0.2, 0) is 0 Å². The van der Waals surface area contributed by atoms with E-state index in [1.807, 2.05) is 13.0 Å². The van der Waals surface area contributed by atoms with E-state index in [1.165, 1.54) is 19.3 Å². The van der Waals surface area contributed by atoms with Crippen molar-refractivity contribution in [1.29, 1.82) is 0 Å². The molecule has 4 heteroatoms. The Balaban J connectivity index is 2.27. The second-order valence-electron chi connectivity index (χ2n) is 4.13. The third-order valence-electron chi connectivity index (χ3n) is 2.89. The molecule has 15 heavy (non-hydrogen) atoms. The number of rotatable bonds is 1. The maximum atomic E-state index is 5.94. The van der Waals surface area contributed by atoms with Crippen LogP contribution in [0.15, 0.2) is 6.07 Å². The van der Waals surface area contributed by atoms with Crippen molar-refractivity contribution in [3.63, 3.8) is 0 Å². The summed E-state index contributed by atoms with van der Waals surface area (Å²) < 4.78 is 0. The lowest BCUT2D eigenvalue weighted by molar-refractivity contribution is 0.480. The van der Waals surface area contributed by atoms with Crippen LogP contribution in [0.4, 0.5) is 5.82 Å². The highest BCUT2D eigenvalue weighted by Gasteiger charge is 2.20. The lowest BCUT2D eigenvalue weighted by Gasteiger charge is -2.34. The average molecular weight is 226 g/mol. The molecule has 0 bridgehead atoms. The number of aryl methyl sites for hydroxylation is 1. The van der Waals surface area contributed by atoms with Crippen LogP contribution < -0.4 is 4.90 Å². The Morgan fingerprint density at radius 1 is 1.40 bits per heavy atom. The summed E-state index contributed by atoms with van der Waals surface area (Å²) in [7, 11) is 0. The van der Waals surface area contributed by atoms with Gasteiger partial charge in [-0.2, -0.15) is 0 Å². The van der Waals surface area contributed by atoms with E-state index >= 15 is 0 Å². The van der Waals surface area contributed by atoms with Gasteiger partial charge in [-0.1, -0.05) is 11.6 Å². The minimum absolute atomic E-state index is 0.537. The number of hydrogen-bond acceptors (Lipinski definition) is 3. The summed E-state index contributed by atoms with van der Waals surface area (Å²) in [5, 5.41) is 0.537. The predicted molar refractivity (Wildman–Crippen MR) is 62.4 cm³/mol. The number of piperidine rings is 1. The van der Waals surface area contributed by atoms with Crippen molar-refractivity contribution in [2.75, 3.05) is 11.4 Å². The molecule has 1 aromatic rings. The molecule has 82 valence electrons. The van der Waals surface area contributed by atoms with Crippen LogP contribution in [0.1, 0.15) is 32.0 Å². The van der Waals surface area contributed by atoms with Crippen molar-refractivity contribution in [1.82, 2.24) is 9.97 Å². The fourth-order valence-corrected chi connectivity index (χ4v) is 2.32. The quantitative estimate of drug-likeness (QED) is 0.689. The molecule has 1 aliphatic rings. The number of nitrogens with zero attached hydrogens (tertiary/aromatic N) is 3. The van der Waals surface area contributed by atoms with Gasteiger partial charge in [0.15, 0.2) is 0 Å². The van der Waals surface area contributed by atoms with Gasteiger partial charge in [0.1, 0.15) is 16.8 Å². The van der Waals surface area contributed by atoms with E-state index in [-0.39, 0.29) is 0 Å². The SMILES string of the molecule is Cc1nc(Cl)cc(N2CCCC[C@H]2C)n1. The molecular weight excluding hydrogens is 210 g/mol. The summed E-state index contributed by atoms with van der Waals surface area (Å²) in [6.45, 7) is 5.20. The van der Waals surface area contributed by atoms with Crippen molar-refractivity contribution in [3.8, 4) is 0 Å². The van der Waals surface area contributed by atoms with Crippen molar-refractivity contribution in [2.24, 2.45) is 0 Å². The van der Waals surface area contributed by atoms with E-state index in [0.29, 0.717) is 11.2 Å². The fraction of sp³-hybridized carbons (Fsp3) is 0.636. The topological polar surface area (TPSA) is 29.0 Å². The van der Waals surface area contributed by atoms with Crippen molar-refractivity contribution in [3.05, 3.63) is 17.0 Å². The molecule has 2 heterocycles. The lowest BCUT2D eigenvalue weighted by atomic mass is 10.0. The van der Waals surface area contributed by atoms with Gasteiger partial charge in [-0.15, -0.1) is 0 Å². The number of aromatic nitrogens is 2. The molecule has 0 spiro atoms. The molecule has 1 atom stereocenters. The Kier molecular flexibility index (Phi) is 3.10. The summed E-state index contributed by atoms with van der Waals surface area (Å²) in [5.74, 6) is 1.72. The van der Waals surface area contributed by atoms with Crippen LogP contribution >= 0.6 is 11.6 Å². The van der Waals surface area contributed by atoms with Gasteiger partial charge in [0.05, 0.1) is 0 Å². The highest BCUT2D eigenvalue weighted by atomic mass is 35.5. The van der Waals surface area contributed by atoms with Gasteiger partial charge in [-0.3, -0.25) is 0 Å². The van der Waals surface area contributed by atoms with Gasteiger partial charge in [0.25, 0.3) is 0 Å². The van der Waals surface area contributed by atoms with Crippen molar-refractivity contribution >= 4 is 17.4 Å². The molecule has 0 N–H and O–H groups in total. The molecule has 1 aromatic heterocycles. The third-order valence-corrected chi connectivity index (χ3v) is 3.08. The van der Waals surface area contributed by atoms with Crippen LogP contribution in [0, 0.1) is 6.92 Å². The molecule has 0 aromatic carbocycles. The first-order valence-electron chi connectivity index (χ1n) is 5.44. The summed E-state index contributed by atoms with van der Waals surface area (Å²) in [6, 6.07) is 2.42. The van der Waals surface area contributed by atoms with E-state index in [9.17, 15) is 0 Å². The van der Waals surface area contributed by atoms with E-state index < -0.39 is 0 Å². The van der Waals surface area contributed by atoms with Gasteiger partial charge >= 0.3 is 0 Å². The minimum Gasteiger partial charge on any atom is -0.354 e. The first kappa shape index (κ1) is 10.7. The van der Waals surface area contributed by atoms with Crippen LogP contribution in [0.25, 0.3) is 0 Å². The Morgan fingerprint density at radius 3 is 2.87 bits per heavy atom. The van der Waals surface area contributed by atoms with Gasteiger partial charge in [0, 0.05) is 18.7 Å². The largest absolute Gasteiger partial charge is 0.354 e. The lowest BCUT2D eigenvalue weighted by Crippen LogP contribution is -2.38. The highest BCUT2D eigenvalue weighted by Crippen LogP contribution is 2.24. The first-order valence-corrected chi connectivity index (χ1v) is 5.82. The molecule has 0 unspecified atom stereocenters. The first-order chi connectivity index (χ1) is 7.16. The molecule has 2 rings (SSSR count).